The minimum absolute atomic E-state index is 0.0425. The van der Waals surface area contributed by atoms with E-state index >= 15 is 0 Å². The van der Waals surface area contributed by atoms with Gasteiger partial charge in [0.1, 0.15) is 6.54 Å². The Kier molecular flexibility index (Phi) is 11.0. The van der Waals surface area contributed by atoms with Crippen LogP contribution < -0.4 is 0 Å². The van der Waals surface area contributed by atoms with Gasteiger partial charge in [-0.15, -0.1) is 11.3 Å². The number of carbonyl (C=O) groups excluding carboxylic acids is 2. The number of halogens is 1. The van der Waals surface area contributed by atoms with Crippen LogP contribution in [0.3, 0.4) is 0 Å². The third kappa shape index (κ3) is 8.22. The monoisotopic (exact) mass is 529 g/mol. The molecule has 0 unspecified atom stereocenters. The summed E-state index contributed by atoms with van der Waals surface area (Å²) in [5, 5.41) is 2.60. The molecule has 2 amide bonds. The number of aromatic nitrogens is 1. The average Bonchev–Trinajstić information content (AvgIpc) is 3.54. The molecule has 0 spiro atoms. The predicted octanol–water partition coefficient (Wildman–Crippen LogP) is 5.80. The fourth-order valence-corrected chi connectivity index (χ4v) is 4.91. The van der Waals surface area contributed by atoms with Gasteiger partial charge in [0.25, 0.3) is 5.91 Å². The number of ether oxygens (including phenoxy) is 1. The van der Waals surface area contributed by atoms with E-state index in [1.165, 1.54) is 11.3 Å². The molecule has 0 aliphatic rings. The van der Waals surface area contributed by atoms with Crippen LogP contribution in [0.1, 0.15) is 48.1 Å². The molecule has 36 heavy (non-hydrogen) atoms. The Morgan fingerprint density at radius 1 is 1.08 bits per heavy atom. The van der Waals surface area contributed by atoms with E-state index in [4.69, 9.17) is 16.3 Å². The van der Waals surface area contributed by atoms with Gasteiger partial charge in [0.05, 0.1) is 11.4 Å². The molecule has 8 heteroatoms. The molecule has 1 aromatic carbocycles. The number of hydrogen-bond acceptors (Lipinski definition) is 4. The second-order valence-electron chi connectivity index (χ2n) is 9.14. The van der Waals surface area contributed by atoms with Crippen molar-refractivity contribution in [3.8, 4) is 0 Å². The zero-order valence-corrected chi connectivity index (χ0v) is 22.9. The van der Waals surface area contributed by atoms with Crippen molar-refractivity contribution >= 4 is 34.8 Å². The SMILES string of the molecule is CCOCCCN(CC(=O)N(Cc1cccn1Cc1ccccc1Cl)CC(C)C)C(=O)c1cccs1. The van der Waals surface area contributed by atoms with Crippen LogP contribution in [-0.2, 0) is 22.6 Å². The molecule has 0 aliphatic carbocycles. The summed E-state index contributed by atoms with van der Waals surface area (Å²) in [6.07, 6.45) is 2.69. The van der Waals surface area contributed by atoms with E-state index in [0.29, 0.717) is 56.6 Å². The van der Waals surface area contributed by atoms with Crippen molar-refractivity contribution in [3.63, 3.8) is 0 Å². The summed E-state index contributed by atoms with van der Waals surface area (Å²) >= 11 is 7.78. The molecule has 0 fully saturated rings. The molecule has 2 heterocycles. The molecule has 194 valence electrons. The Hall–Kier alpha value is -2.61. The third-order valence-corrected chi connectivity index (χ3v) is 7.01. The fourth-order valence-electron chi connectivity index (χ4n) is 4.02. The number of carbonyl (C=O) groups is 2. The summed E-state index contributed by atoms with van der Waals surface area (Å²) in [6.45, 7) is 9.55. The predicted molar refractivity (Wildman–Crippen MR) is 147 cm³/mol. The van der Waals surface area contributed by atoms with Gasteiger partial charge in [-0.1, -0.05) is 49.7 Å². The van der Waals surface area contributed by atoms with E-state index in [-0.39, 0.29) is 18.4 Å². The molecule has 2 aromatic heterocycles. The van der Waals surface area contributed by atoms with Gasteiger partial charge in [0, 0.05) is 49.8 Å². The fraction of sp³-hybridized carbons (Fsp3) is 0.429. The van der Waals surface area contributed by atoms with Crippen molar-refractivity contribution in [2.45, 2.75) is 40.3 Å². The topological polar surface area (TPSA) is 54.8 Å². The Balaban J connectivity index is 1.74. The smallest absolute Gasteiger partial charge is 0.264 e. The third-order valence-electron chi connectivity index (χ3n) is 5.78. The molecule has 0 atom stereocenters. The minimum atomic E-state index is -0.110. The average molecular weight is 530 g/mol. The van der Waals surface area contributed by atoms with Crippen LogP contribution in [0.15, 0.2) is 60.1 Å². The van der Waals surface area contributed by atoms with Crippen LogP contribution >= 0.6 is 22.9 Å². The Bertz CT molecular complexity index is 1100. The first-order valence-electron chi connectivity index (χ1n) is 12.4. The van der Waals surface area contributed by atoms with Gasteiger partial charge in [-0.2, -0.15) is 0 Å². The largest absolute Gasteiger partial charge is 0.382 e. The number of rotatable bonds is 14. The van der Waals surface area contributed by atoms with Crippen LogP contribution in [0.4, 0.5) is 0 Å². The molecule has 0 aliphatic heterocycles. The van der Waals surface area contributed by atoms with E-state index in [1.54, 1.807) is 11.0 Å². The maximum Gasteiger partial charge on any atom is 0.264 e. The van der Waals surface area contributed by atoms with Gasteiger partial charge in [0.15, 0.2) is 0 Å². The number of nitrogens with zero attached hydrogens (tertiary/aromatic N) is 3. The highest BCUT2D eigenvalue weighted by Gasteiger charge is 2.24. The highest BCUT2D eigenvalue weighted by Crippen LogP contribution is 2.19. The van der Waals surface area contributed by atoms with Crippen molar-refractivity contribution < 1.29 is 14.3 Å². The zero-order valence-electron chi connectivity index (χ0n) is 21.4. The van der Waals surface area contributed by atoms with Crippen molar-refractivity contribution in [2.75, 3.05) is 32.8 Å². The van der Waals surface area contributed by atoms with Crippen LogP contribution in [0.5, 0.6) is 0 Å². The Labute approximate surface area is 223 Å². The van der Waals surface area contributed by atoms with Crippen LogP contribution in [-0.4, -0.2) is 59.0 Å². The van der Waals surface area contributed by atoms with Crippen molar-refractivity contribution in [3.05, 3.63) is 81.3 Å². The lowest BCUT2D eigenvalue weighted by Crippen LogP contribution is -2.44. The number of benzene rings is 1. The van der Waals surface area contributed by atoms with Gasteiger partial charge >= 0.3 is 0 Å². The Morgan fingerprint density at radius 3 is 2.58 bits per heavy atom. The van der Waals surface area contributed by atoms with E-state index in [9.17, 15) is 9.59 Å². The molecule has 0 saturated carbocycles. The summed E-state index contributed by atoms with van der Waals surface area (Å²) in [4.78, 5) is 30.9. The lowest BCUT2D eigenvalue weighted by molar-refractivity contribution is -0.133. The number of amides is 2. The summed E-state index contributed by atoms with van der Waals surface area (Å²) in [5.74, 6) is 0.122. The number of hydrogen-bond donors (Lipinski definition) is 0. The van der Waals surface area contributed by atoms with Crippen molar-refractivity contribution in [1.82, 2.24) is 14.4 Å². The van der Waals surface area contributed by atoms with Gasteiger partial charge in [-0.05, 0) is 54.5 Å². The van der Waals surface area contributed by atoms with Gasteiger partial charge in [-0.3, -0.25) is 9.59 Å². The second kappa shape index (κ2) is 14.2. The van der Waals surface area contributed by atoms with Crippen molar-refractivity contribution in [2.24, 2.45) is 5.92 Å². The molecule has 0 N–H and O–H groups in total. The summed E-state index contributed by atoms with van der Waals surface area (Å²) in [5.41, 5.74) is 2.05. The highest BCUT2D eigenvalue weighted by molar-refractivity contribution is 7.12. The highest BCUT2D eigenvalue weighted by atomic mass is 35.5. The zero-order chi connectivity index (χ0) is 25.9. The first-order chi connectivity index (χ1) is 17.4. The van der Waals surface area contributed by atoms with Gasteiger partial charge < -0.3 is 19.1 Å². The first kappa shape index (κ1) is 28.0. The van der Waals surface area contributed by atoms with Gasteiger partial charge in [0.2, 0.25) is 5.91 Å². The van der Waals surface area contributed by atoms with Crippen molar-refractivity contribution in [1.29, 1.82) is 0 Å². The number of thiophene rings is 1. The normalized spacial score (nSPS) is 11.1. The standard InChI is InChI=1S/C28H36ClN3O3S/c1-4-35-16-9-15-31(28(34)26-13-8-17-36-26)21-27(33)32(18-22(2)3)20-24-11-7-14-30(24)19-23-10-5-6-12-25(23)29/h5-8,10-14,17,22H,4,9,15-16,18-21H2,1-3H3. The van der Waals surface area contributed by atoms with Gasteiger partial charge in [-0.25, -0.2) is 0 Å². The summed E-state index contributed by atoms with van der Waals surface area (Å²) in [7, 11) is 0. The summed E-state index contributed by atoms with van der Waals surface area (Å²) < 4.78 is 7.58. The van der Waals surface area contributed by atoms with Crippen LogP contribution in [0.2, 0.25) is 5.02 Å². The minimum Gasteiger partial charge on any atom is -0.382 e. The first-order valence-corrected chi connectivity index (χ1v) is 13.7. The lowest BCUT2D eigenvalue weighted by Gasteiger charge is -2.29. The molecule has 3 aromatic rings. The molecular weight excluding hydrogens is 494 g/mol. The molecule has 0 bridgehead atoms. The van der Waals surface area contributed by atoms with Crippen LogP contribution in [0.25, 0.3) is 0 Å². The van der Waals surface area contributed by atoms with E-state index in [0.717, 1.165) is 16.3 Å². The molecule has 0 radical (unpaired) electrons. The maximum absolute atomic E-state index is 13.6. The van der Waals surface area contributed by atoms with Crippen LogP contribution in [0, 0.1) is 5.92 Å². The molecule has 3 rings (SSSR count). The molecule has 0 saturated heterocycles. The van der Waals surface area contributed by atoms with E-state index in [1.807, 2.05) is 65.9 Å². The molecular formula is C28H36ClN3O3S. The Morgan fingerprint density at radius 2 is 1.89 bits per heavy atom. The second-order valence-corrected chi connectivity index (χ2v) is 10.5. The van der Waals surface area contributed by atoms with E-state index < -0.39 is 0 Å². The summed E-state index contributed by atoms with van der Waals surface area (Å²) in [6, 6.07) is 15.5. The van der Waals surface area contributed by atoms with E-state index in [2.05, 4.69) is 18.4 Å². The quantitative estimate of drug-likeness (QED) is 0.248. The lowest BCUT2D eigenvalue weighted by atomic mass is 10.2. The molecule has 6 nitrogen and oxygen atoms in total. The maximum atomic E-state index is 13.6.